The Morgan fingerprint density at radius 3 is 2.32 bits per heavy atom. The number of ether oxygens (including phenoxy) is 1. The summed E-state index contributed by atoms with van der Waals surface area (Å²) in [5.41, 5.74) is 1.05. The summed E-state index contributed by atoms with van der Waals surface area (Å²) in [4.78, 5) is 26.4. The monoisotopic (exact) mass is 508 g/mol. The van der Waals surface area contributed by atoms with Crippen LogP contribution in [0.15, 0.2) is 53.4 Å². The fourth-order valence-electron chi connectivity index (χ4n) is 3.78. The molecule has 0 atom stereocenters. The molecule has 0 radical (unpaired) electrons. The van der Waals surface area contributed by atoms with Crippen molar-refractivity contribution in [1.29, 1.82) is 0 Å². The van der Waals surface area contributed by atoms with E-state index in [-0.39, 0.29) is 30.2 Å². The van der Waals surface area contributed by atoms with Gasteiger partial charge in [-0.2, -0.15) is 4.31 Å². The fraction of sp³-hybridized carbons (Fsp3) is 0.333. The SMILES string of the molecule is CS(=O)(=O)N(CC(=O)N1CC(=O)Nc2ccccc21)c1ccc(S(=O)(=O)N2CCOCC2)cc1. The van der Waals surface area contributed by atoms with Crippen LogP contribution in [0, 0.1) is 0 Å². The van der Waals surface area contributed by atoms with E-state index in [0.29, 0.717) is 24.6 Å². The molecule has 0 unspecified atom stereocenters. The van der Waals surface area contributed by atoms with Gasteiger partial charge in [-0.25, -0.2) is 16.8 Å². The molecular formula is C21H24N4O7S2. The third-order valence-corrected chi connectivity index (χ3v) is 8.54. The third kappa shape index (κ3) is 4.92. The molecule has 11 nitrogen and oxygen atoms in total. The lowest BCUT2D eigenvalue weighted by Gasteiger charge is -2.31. The van der Waals surface area contributed by atoms with Gasteiger partial charge in [-0.1, -0.05) is 12.1 Å². The molecule has 0 saturated carbocycles. The number of hydrogen-bond donors (Lipinski definition) is 1. The molecule has 0 spiro atoms. The number of anilines is 3. The molecule has 2 aliphatic rings. The van der Waals surface area contributed by atoms with Crippen LogP contribution < -0.4 is 14.5 Å². The van der Waals surface area contributed by atoms with E-state index in [4.69, 9.17) is 4.74 Å². The summed E-state index contributed by atoms with van der Waals surface area (Å²) in [7, 11) is -7.66. The number of carbonyl (C=O) groups is 2. The first kappa shape index (κ1) is 24.1. The molecule has 2 aliphatic heterocycles. The van der Waals surface area contributed by atoms with Crippen molar-refractivity contribution in [2.75, 3.05) is 60.2 Å². The van der Waals surface area contributed by atoms with E-state index in [2.05, 4.69) is 5.32 Å². The van der Waals surface area contributed by atoms with E-state index in [1.165, 1.54) is 33.5 Å². The molecule has 0 aliphatic carbocycles. The van der Waals surface area contributed by atoms with Gasteiger partial charge in [0.2, 0.25) is 31.9 Å². The minimum Gasteiger partial charge on any atom is -0.379 e. The lowest BCUT2D eigenvalue weighted by molar-refractivity contribution is -0.121. The summed E-state index contributed by atoms with van der Waals surface area (Å²) in [5, 5.41) is 2.67. The number of hydrogen-bond acceptors (Lipinski definition) is 7. The first-order chi connectivity index (χ1) is 16.1. The number of carbonyl (C=O) groups excluding carboxylic acids is 2. The molecular weight excluding hydrogens is 484 g/mol. The average Bonchev–Trinajstić information content (AvgIpc) is 2.81. The van der Waals surface area contributed by atoms with Crippen molar-refractivity contribution >= 4 is 48.9 Å². The Labute approximate surface area is 198 Å². The van der Waals surface area contributed by atoms with Crippen molar-refractivity contribution in [3.8, 4) is 0 Å². The van der Waals surface area contributed by atoms with E-state index in [0.717, 1.165) is 10.6 Å². The number of benzene rings is 2. The number of morpholine rings is 1. The maximum atomic E-state index is 13.1. The second-order valence-corrected chi connectivity index (χ2v) is 11.7. The van der Waals surface area contributed by atoms with Gasteiger partial charge in [0.15, 0.2) is 0 Å². The molecule has 4 rings (SSSR count). The number of nitrogens with zero attached hydrogens (tertiary/aromatic N) is 3. The largest absolute Gasteiger partial charge is 0.379 e. The molecule has 182 valence electrons. The van der Waals surface area contributed by atoms with Crippen LogP contribution in [-0.2, 0) is 34.4 Å². The van der Waals surface area contributed by atoms with Crippen LogP contribution >= 0.6 is 0 Å². The molecule has 1 saturated heterocycles. The molecule has 1 fully saturated rings. The summed E-state index contributed by atoms with van der Waals surface area (Å²) < 4.78 is 58.1. The number of fused-ring (bicyclic) bond motifs is 1. The van der Waals surface area contributed by atoms with Crippen LogP contribution in [0.5, 0.6) is 0 Å². The first-order valence-corrected chi connectivity index (χ1v) is 13.7. The van der Waals surface area contributed by atoms with Crippen molar-refractivity contribution < 1.29 is 31.2 Å². The standard InChI is InChI=1S/C21H24N4O7S2/c1-33(28,29)25(15-21(27)24-14-20(26)22-18-4-2-3-5-19(18)24)16-6-8-17(9-7-16)34(30,31)23-10-12-32-13-11-23/h2-9H,10-15H2,1H3,(H,22,26). The minimum absolute atomic E-state index is 0.0135. The molecule has 13 heteroatoms. The highest BCUT2D eigenvalue weighted by atomic mass is 32.2. The van der Waals surface area contributed by atoms with Gasteiger partial charge in [0.1, 0.15) is 13.1 Å². The summed E-state index contributed by atoms with van der Waals surface area (Å²) in [6.45, 7) is 0.274. The van der Waals surface area contributed by atoms with E-state index >= 15 is 0 Å². The number of amides is 2. The van der Waals surface area contributed by atoms with Crippen LogP contribution in [-0.4, -0.2) is 78.6 Å². The second-order valence-electron chi connectivity index (χ2n) is 7.83. The summed E-state index contributed by atoms with van der Waals surface area (Å²) in [5.74, 6) is -0.992. The van der Waals surface area contributed by atoms with Crippen molar-refractivity contribution in [3.63, 3.8) is 0 Å². The van der Waals surface area contributed by atoms with Crippen LogP contribution in [0.1, 0.15) is 0 Å². The maximum Gasteiger partial charge on any atom is 0.248 e. The van der Waals surface area contributed by atoms with Gasteiger partial charge in [-0.3, -0.25) is 18.8 Å². The van der Waals surface area contributed by atoms with Gasteiger partial charge in [0.05, 0.1) is 41.4 Å². The predicted octanol–water partition coefficient (Wildman–Crippen LogP) is 0.459. The van der Waals surface area contributed by atoms with Crippen molar-refractivity contribution in [3.05, 3.63) is 48.5 Å². The van der Waals surface area contributed by atoms with Gasteiger partial charge in [-0.15, -0.1) is 0 Å². The average molecular weight is 509 g/mol. The van der Waals surface area contributed by atoms with Gasteiger partial charge in [0.25, 0.3) is 0 Å². The Morgan fingerprint density at radius 1 is 1.03 bits per heavy atom. The Bertz CT molecular complexity index is 1300. The highest BCUT2D eigenvalue weighted by molar-refractivity contribution is 7.92. The third-order valence-electron chi connectivity index (χ3n) is 5.48. The number of nitrogens with one attached hydrogen (secondary N) is 1. The Balaban J connectivity index is 1.59. The minimum atomic E-state index is -3.90. The zero-order valence-electron chi connectivity index (χ0n) is 18.4. The smallest absolute Gasteiger partial charge is 0.248 e. The van der Waals surface area contributed by atoms with E-state index in [1.54, 1.807) is 24.3 Å². The Morgan fingerprint density at radius 2 is 1.68 bits per heavy atom. The Hall–Kier alpha value is -3.00. The summed E-state index contributed by atoms with van der Waals surface area (Å²) in [6, 6.07) is 12.0. The highest BCUT2D eigenvalue weighted by Gasteiger charge is 2.31. The fourth-order valence-corrected chi connectivity index (χ4v) is 6.04. The van der Waals surface area contributed by atoms with Crippen molar-refractivity contribution in [2.45, 2.75) is 4.90 Å². The van der Waals surface area contributed by atoms with Crippen LogP contribution in [0.25, 0.3) is 0 Å². The number of rotatable bonds is 6. The quantitative estimate of drug-likeness (QED) is 0.599. The van der Waals surface area contributed by atoms with Crippen molar-refractivity contribution in [2.24, 2.45) is 0 Å². The molecule has 0 aromatic heterocycles. The van der Waals surface area contributed by atoms with Gasteiger partial charge in [0, 0.05) is 13.1 Å². The predicted molar refractivity (Wildman–Crippen MR) is 126 cm³/mol. The van der Waals surface area contributed by atoms with Gasteiger partial charge in [-0.05, 0) is 36.4 Å². The zero-order valence-corrected chi connectivity index (χ0v) is 20.0. The van der Waals surface area contributed by atoms with Crippen LogP contribution in [0.2, 0.25) is 0 Å². The Kier molecular flexibility index (Phi) is 6.62. The normalized spacial score (nSPS) is 17.1. The van der Waals surface area contributed by atoms with Crippen LogP contribution in [0.4, 0.5) is 17.1 Å². The zero-order chi connectivity index (χ0) is 24.5. The molecule has 2 amide bonds. The topological polar surface area (TPSA) is 133 Å². The van der Waals surface area contributed by atoms with E-state index in [9.17, 15) is 26.4 Å². The second kappa shape index (κ2) is 9.33. The van der Waals surface area contributed by atoms with Gasteiger partial charge < -0.3 is 10.1 Å². The lowest BCUT2D eigenvalue weighted by Crippen LogP contribution is -2.47. The van der Waals surface area contributed by atoms with E-state index in [1.807, 2.05) is 0 Å². The molecule has 2 heterocycles. The molecule has 2 aromatic carbocycles. The van der Waals surface area contributed by atoms with E-state index < -0.39 is 38.4 Å². The number of para-hydroxylation sites is 2. The molecule has 34 heavy (non-hydrogen) atoms. The first-order valence-electron chi connectivity index (χ1n) is 10.4. The molecule has 1 N–H and O–H groups in total. The molecule has 2 aromatic rings. The van der Waals surface area contributed by atoms with Gasteiger partial charge >= 0.3 is 0 Å². The maximum absolute atomic E-state index is 13.1. The lowest BCUT2D eigenvalue weighted by atomic mass is 10.2. The highest BCUT2D eigenvalue weighted by Crippen LogP contribution is 2.30. The summed E-state index contributed by atoms with van der Waals surface area (Å²) >= 11 is 0. The number of sulfonamides is 2. The van der Waals surface area contributed by atoms with Crippen molar-refractivity contribution in [1.82, 2.24) is 4.31 Å². The summed E-state index contributed by atoms with van der Waals surface area (Å²) in [6.07, 6.45) is 0.954. The molecule has 0 bridgehead atoms. The van der Waals surface area contributed by atoms with Crippen LogP contribution in [0.3, 0.4) is 0 Å².